The molecule has 1 aromatic heterocycles. The number of fused-ring (bicyclic) bond motifs is 1. The summed E-state index contributed by atoms with van der Waals surface area (Å²) in [6, 6.07) is 7.73. The molecule has 5 nitrogen and oxygen atoms in total. The Morgan fingerprint density at radius 1 is 1.50 bits per heavy atom. The van der Waals surface area contributed by atoms with Crippen LogP contribution in [0.25, 0.3) is 10.1 Å². The summed E-state index contributed by atoms with van der Waals surface area (Å²) >= 11 is 1.41. The average molecular weight is 292 g/mol. The smallest absolute Gasteiger partial charge is 0.266 e. The summed E-state index contributed by atoms with van der Waals surface area (Å²) in [6.07, 6.45) is -0.302. The maximum Gasteiger partial charge on any atom is 0.266 e. The van der Waals surface area contributed by atoms with Gasteiger partial charge in [-0.3, -0.25) is 4.79 Å². The predicted molar refractivity (Wildman–Crippen MR) is 79.0 cm³/mol. The van der Waals surface area contributed by atoms with Crippen molar-refractivity contribution < 1.29 is 14.6 Å². The summed E-state index contributed by atoms with van der Waals surface area (Å²) in [7, 11) is 0. The fraction of sp³-hybridized carbons (Fsp3) is 0.357. The molecule has 1 aromatic carbocycles. The number of amides is 1. The number of carbonyl (C=O) groups is 1. The minimum Gasteiger partial charge on any atom is -0.397 e. The molecule has 1 aliphatic rings. The van der Waals surface area contributed by atoms with E-state index in [1.54, 1.807) is 4.90 Å². The topological polar surface area (TPSA) is 75.8 Å². The van der Waals surface area contributed by atoms with Crippen LogP contribution in [0, 0.1) is 0 Å². The minimum absolute atomic E-state index is 0.0777. The van der Waals surface area contributed by atoms with Crippen LogP contribution < -0.4 is 5.73 Å². The number of hydrogen-bond acceptors (Lipinski definition) is 5. The molecule has 0 aliphatic carbocycles. The van der Waals surface area contributed by atoms with E-state index in [1.807, 2.05) is 24.3 Å². The molecule has 1 fully saturated rings. The highest BCUT2D eigenvalue weighted by Gasteiger charge is 2.27. The van der Waals surface area contributed by atoms with Gasteiger partial charge < -0.3 is 20.5 Å². The molecule has 1 amide bonds. The Bertz CT molecular complexity index is 640. The molecule has 1 unspecified atom stereocenters. The standard InChI is InChI=1S/C14H16N2O3S/c15-12-10-3-1-2-4-11(10)20-13(12)14(18)16-5-6-19-9(7-16)8-17/h1-4,9,17H,5-8,15H2. The van der Waals surface area contributed by atoms with Crippen molar-refractivity contribution in [2.24, 2.45) is 0 Å². The minimum atomic E-state index is -0.302. The number of carbonyl (C=O) groups excluding carboxylic acids is 1. The number of rotatable bonds is 2. The molecule has 0 radical (unpaired) electrons. The van der Waals surface area contributed by atoms with Crippen molar-refractivity contribution in [1.82, 2.24) is 4.90 Å². The molecular formula is C14H16N2O3S. The summed E-state index contributed by atoms with van der Waals surface area (Å²) in [5.74, 6) is -0.0783. The summed E-state index contributed by atoms with van der Waals surface area (Å²) < 4.78 is 6.37. The second-order valence-electron chi connectivity index (χ2n) is 4.77. The average Bonchev–Trinajstić information content (AvgIpc) is 2.84. The maximum atomic E-state index is 12.6. The number of ether oxygens (including phenoxy) is 1. The van der Waals surface area contributed by atoms with Gasteiger partial charge in [0.25, 0.3) is 5.91 Å². The lowest BCUT2D eigenvalue weighted by Gasteiger charge is -2.31. The molecule has 1 aliphatic heterocycles. The van der Waals surface area contributed by atoms with Gasteiger partial charge in [-0.2, -0.15) is 0 Å². The fourth-order valence-corrected chi connectivity index (χ4v) is 3.47. The quantitative estimate of drug-likeness (QED) is 0.875. The molecule has 0 spiro atoms. The van der Waals surface area contributed by atoms with Gasteiger partial charge in [-0.1, -0.05) is 18.2 Å². The second kappa shape index (κ2) is 5.40. The number of nitrogens with zero attached hydrogens (tertiary/aromatic N) is 1. The maximum absolute atomic E-state index is 12.6. The highest BCUT2D eigenvalue weighted by Crippen LogP contribution is 2.34. The third-order valence-electron chi connectivity index (χ3n) is 3.46. The first-order chi connectivity index (χ1) is 9.70. The molecule has 20 heavy (non-hydrogen) atoms. The number of morpholine rings is 1. The monoisotopic (exact) mass is 292 g/mol. The number of nitrogen functional groups attached to an aromatic ring is 1. The molecule has 1 saturated heterocycles. The molecule has 3 rings (SSSR count). The van der Waals surface area contributed by atoms with Crippen molar-refractivity contribution >= 4 is 33.0 Å². The molecule has 2 heterocycles. The van der Waals surface area contributed by atoms with E-state index < -0.39 is 0 Å². The van der Waals surface area contributed by atoms with Gasteiger partial charge in [0.2, 0.25) is 0 Å². The van der Waals surface area contributed by atoms with Gasteiger partial charge in [0.05, 0.1) is 25.0 Å². The Morgan fingerprint density at radius 2 is 2.30 bits per heavy atom. The lowest BCUT2D eigenvalue weighted by Crippen LogP contribution is -2.46. The zero-order chi connectivity index (χ0) is 14.1. The number of anilines is 1. The zero-order valence-electron chi connectivity index (χ0n) is 10.9. The van der Waals surface area contributed by atoms with E-state index in [2.05, 4.69) is 0 Å². The number of nitrogens with two attached hydrogens (primary N) is 1. The van der Waals surface area contributed by atoms with Crippen LogP contribution in [0.3, 0.4) is 0 Å². The highest BCUT2D eigenvalue weighted by atomic mass is 32.1. The van der Waals surface area contributed by atoms with Gasteiger partial charge in [0.1, 0.15) is 4.88 Å². The van der Waals surface area contributed by atoms with Gasteiger partial charge in [0, 0.05) is 23.2 Å². The Morgan fingerprint density at radius 3 is 3.05 bits per heavy atom. The van der Waals surface area contributed by atoms with Gasteiger partial charge in [0.15, 0.2) is 0 Å². The molecule has 1 atom stereocenters. The van der Waals surface area contributed by atoms with Gasteiger partial charge in [-0.05, 0) is 6.07 Å². The first kappa shape index (κ1) is 13.4. The van der Waals surface area contributed by atoms with E-state index in [4.69, 9.17) is 15.6 Å². The molecule has 6 heteroatoms. The number of thiophene rings is 1. The van der Waals surface area contributed by atoms with Gasteiger partial charge in [-0.15, -0.1) is 11.3 Å². The highest BCUT2D eigenvalue weighted by molar-refractivity contribution is 7.21. The predicted octanol–water partition coefficient (Wildman–Crippen LogP) is 1.32. The van der Waals surface area contributed by atoms with Gasteiger partial charge in [-0.25, -0.2) is 0 Å². The fourth-order valence-electron chi connectivity index (χ4n) is 2.38. The lowest BCUT2D eigenvalue weighted by molar-refractivity contribution is -0.0445. The largest absolute Gasteiger partial charge is 0.397 e. The molecule has 3 N–H and O–H groups in total. The molecular weight excluding hydrogens is 276 g/mol. The van der Waals surface area contributed by atoms with Crippen molar-refractivity contribution in [3.05, 3.63) is 29.1 Å². The van der Waals surface area contributed by atoms with Crippen LogP contribution in [0.4, 0.5) is 5.69 Å². The Kier molecular flexibility index (Phi) is 3.60. The molecule has 0 bridgehead atoms. The number of benzene rings is 1. The van der Waals surface area contributed by atoms with Crippen molar-refractivity contribution in [2.75, 3.05) is 32.0 Å². The third-order valence-corrected chi connectivity index (χ3v) is 4.63. The van der Waals surface area contributed by atoms with E-state index in [0.717, 1.165) is 10.1 Å². The normalized spacial score (nSPS) is 19.4. The van der Waals surface area contributed by atoms with Crippen LogP contribution in [0.1, 0.15) is 9.67 Å². The summed E-state index contributed by atoms with van der Waals surface area (Å²) in [5.41, 5.74) is 6.64. The summed E-state index contributed by atoms with van der Waals surface area (Å²) in [6.45, 7) is 1.31. The first-order valence-corrected chi connectivity index (χ1v) is 7.31. The summed E-state index contributed by atoms with van der Waals surface area (Å²) in [5, 5.41) is 10.1. The Hall–Kier alpha value is -1.63. The second-order valence-corrected chi connectivity index (χ2v) is 5.82. The van der Waals surface area contributed by atoms with E-state index in [-0.39, 0.29) is 18.6 Å². The van der Waals surface area contributed by atoms with Crippen LogP contribution in [0.5, 0.6) is 0 Å². The van der Waals surface area contributed by atoms with Crippen LogP contribution in [0.15, 0.2) is 24.3 Å². The van der Waals surface area contributed by atoms with Crippen LogP contribution in [-0.2, 0) is 4.74 Å². The van der Waals surface area contributed by atoms with Crippen LogP contribution in [-0.4, -0.2) is 48.3 Å². The number of aliphatic hydroxyl groups excluding tert-OH is 1. The van der Waals surface area contributed by atoms with E-state index in [9.17, 15) is 4.79 Å². The Balaban J connectivity index is 1.90. The zero-order valence-corrected chi connectivity index (χ0v) is 11.7. The SMILES string of the molecule is Nc1c(C(=O)N2CCOC(CO)C2)sc2ccccc12. The molecule has 106 valence electrons. The third kappa shape index (κ3) is 2.26. The summed E-state index contributed by atoms with van der Waals surface area (Å²) in [4.78, 5) is 14.8. The van der Waals surface area contributed by atoms with Crippen LogP contribution >= 0.6 is 11.3 Å². The van der Waals surface area contributed by atoms with Crippen LogP contribution in [0.2, 0.25) is 0 Å². The van der Waals surface area contributed by atoms with Crippen molar-refractivity contribution in [3.8, 4) is 0 Å². The van der Waals surface area contributed by atoms with Crippen molar-refractivity contribution in [1.29, 1.82) is 0 Å². The molecule has 0 saturated carbocycles. The van der Waals surface area contributed by atoms with Crippen molar-refractivity contribution in [3.63, 3.8) is 0 Å². The molecule has 2 aromatic rings. The Labute approximate surface area is 120 Å². The number of aliphatic hydroxyl groups is 1. The first-order valence-electron chi connectivity index (χ1n) is 6.49. The lowest BCUT2D eigenvalue weighted by atomic mass is 10.2. The van der Waals surface area contributed by atoms with E-state index in [1.165, 1.54) is 11.3 Å². The number of hydrogen-bond donors (Lipinski definition) is 2. The van der Waals surface area contributed by atoms with Gasteiger partial charge >= 0.3 is 0 Å². The van der Waals surface area contributed by atoms with E-state index >= 15 is 0 Å². The van der Waals surface area contributed by atoms with E-state index in [0.29, 0.717) is 30.3 Å². The van der Waals surface area contributed by atoms with Crippen molar-refractivity contribution in [2.45, 2.75) is 6.10 Å².